The highest BCUT2D eigenvalue weighted by atomic mass is 32.1. The Kier molecular flexibility index (Phi) is 5.30. The zero-order valence-electron chi connectivity index (χ0n) is 15.3. The van der Waals surface area contributed by atoms with Crippen LogP contribution in [0.5, 0.6) is 0 Å². The van der Waals surface area contributed by atoms with E-state index in [0.717, 1.165) is 10.9 Å². The summed E-state index contributed by atoms with van der Waals surface area (Å²) in [7, 11) is 0. The van der Waals surface area contributed by atoms with E-state index in [9.17, 15) is 22.4 Å². The van der Waals surface area contributed by atoms with Crippen LogP contribution in [0.4, 0.5) is 28.5 Å². The van der Waals surface area contributed by atoms with Crippen LogP contribution < -0.4 is 16.4 Å². The number of carbonyl (C=O) groups is 1. The summed E-state index contributed by atoms with van der Waals surface area (Å²) in [6, 6.07) is 5.13. The number of hydrogen-bond donors (Lipinski definition) is 3. The van der Waals surface area contributed by atoms with E-state index in [1.807, 2.05) is 0 Å². The molecule has 0 bridgehead atoms. The molecule has 3 aromatic rings. The van der Waals surface area contributed by atoms with Crippen LogP contribution in [-0.4, -0.2) is 39.1 Å². The summed E-state index contributed by atoms with van der Waals surface area (Å²) < 4.78 is 51.9. The Balaban J connectivity index is 1.85. The van der Waals surface area contributed by atoms with Crippen molar-refractivity contribution < 1.29 is 22.4 Å². The molecule has 154 valence electrons. The third-order valence-electron chi connectivity index (χ3n) is 3.86. The number of nitrogens with zero attached hydrogens (tertiary/aromatic N) is 3. The summed E-state index contributed by atoms with van der Waals surface area (Å²) in [4.78, 5) is 24.2. The van der Waals surface area contributed by atoms with E-state index in [1.165, 1.54) is 25.2 Å². The van der Waals surface area contributed by atoms with Crippen molar-refractivity contribution in [1.82, 2.24) is 20.3 Å². The number of nitrogens with one attached hydrogen (secondary N) is 2. The lowest BCUT2D eigenvalue weighted by atomic mass is 10.0. The Hall–Kier alpha value is -3.02. The van der Waals surface area contributed by atoms with Crippen molar-refractivity contribution in [2.75, 3.05) is 17.6 Å². The largest absolute Gasteiger partial charge is 0.405 e. The van der Waals surface area contributed by atoms with Crippen LogP contribution in [0.25, 0.3) is 21.6 Å². The van der Waals surface area contributed by atoms with E-state index < -0.39 is 30.0 Å². The van der Waals surface area contributed by atoms with Crippen LogP contribution in [0.1, 0.15) is 13.8 Å². The topological polar surface area (TPSA) is 106 Å². The third-order valence-corrected chi connectivity index (χ3v) is 4.70. The van der Waals surface area contributed by atoms with Crippen molar-refractivity contribution >= 4 is 38.4 Å². The van der Waals surface area contributed by atoms with Crippen molar-refractivity contribution in [1.29, 1.82) is 0 Å². The van der Waals surface area contributed by atoms with Gasteiger partial charge in [-0.2, -0.15) is 13.2 Å². The summed E-state index contributed by atoms with van der Waals surface area (Å²) >= 11 is 1.27. The number of rotatable bonds is 5. The van der Waals surface area contributed by atoms with Crippen molar-refractivity contribution in [3.05, 3.63) is 30.2 Å². The molecule has 0 spiro atoms. The molecule has 29 heavy (non-hydrogen) atoms. The number of alkyl halides is 3. The van der Waals surface area contributed by atoms with E-state index >= 15 is 0 Å². The zero-order valence-corrected chi connectivity index (χ0v) is 16.1. The monoisotopic (exact) mass is 428 g/mol. The molecule has 7 nitrogen and oxygen atoms in total. The molecule has 3 rings (SSSR count). The Morgan fingerprint density at radius 2 is 1.97 bits per heavy atom. The molecule has 0 fully saturated rings. The van der Waals surface area contributed by atoms with Gasteiger partial charge in [0, 0.05) is 5.56 Å². The molecule has 0 saturated heterocycles. The van der Waals surface area contributed by atoms with Crippen molar-refractivity contribution in [3.63, 3.8) is 0 Å². The van der Waals surface area contributed by atoms with Crippen LogP contribution in [0.3, 0.4) is 0 Å². The Labute approximate surface area is 166 Å². The number of aromatic nitrogens is 3. The fourth-order valence-electron chi connectivity index (χ4n) is 2.43. The lowest BCUT2D eigenvalue weighted by Gasteiger charge is -2.26. The van der Waals surface area contributed by atoms with Gasteiger partial charge in [0.25, 0.3) is 0 Å². The van der Waals surface area contributed by atoms with Crippen molar-refractivity contribution in [2.45, 2.75) is 25.6 Å². The van der Waals surface area contributed by atoms with E-state index in [2.05, 4.69) is 20.3 Å². The van der Waals surface area contributed by atoms with Gasteiger partial charge in [0.1, 0.15) is 12.1 Å². The Morgan fingerprint density at radius 1 is 1.24 bits per heavy atom. The first-order valence-electron chi connectivity index (χ1n) is 8.27. The number of halogens is 4. The predicted molar refractivity (Wildman–Crippen MR) is 102 cm³/mol. The number of nitrogen functional groups attached to an aromatic ring is 1. The standard InChI is InChI=1S/C17H16F4N6OS/c1-16(2,14(28)24-7-17(19,20)21)27-13-9(18)6-23-12(26-13)8-3-4-10-11(5-8)29-15(22)25-10/h3-6H,7H2,1-2H3,(H2,22,25)(H,24,28)(H,23,26,27). The SMILES string of the molecule is CC(C)(Nc1nc(-c2ccc3nc(N)sc3c2)ncc1F)C(=O)NCC(F)(F)F. The molecule has 2 aromatic heterocycles. The number of nitrogens with two attached hydrogens (primary N) is 1. The zero-order chi connectivity index (χ0) is 21.4. The van der Waals surface area contributed by atoms with Crippen LogP contribution >= 0.6 is 11.3 Å². The molecule has 0 aliphatic rings. The molecule has 0 aliphatic heterocycles. The first-order valence-corrected chi connectivity index (χ1v) is 9.08. The number of amides is 1. The predicted octanol–water partition coefficient (Wildman–Crippen LogP) is 3.34. The van der Waals surface area contributed by atoms with Gasteiger partial charge in [0.05, 0.1) is 16.4 Å². The molecule has 2 heterocycles. The molecule has 0 saturated carbocycles. The fraction of sp³-hybridized carbons (Fsp3) is 0.294. The number of fused-ring (bicyclic) bond motifs is 1. The maximum atomic E-state index is 14.2. The summed E-state index contributed by atoms with van der Waals surface area (Å²) in [5, 5.41) is 4.69. The van der Waals surface area contributed by atoms with Crippen LogP contribution in [0.15, 0.2) is 24.4 Å². The first-order chi connectivity index (χ1) is 13.4. The summed E-state index contributed by atoms with van der Waals surface area (Å²) in [5.41, 5.74) is 5.37. The number of carbonyl (C=O) groups excluding carboxylic acids is 1. The summed E-state index contributed by atoms with van der Waals surface area (Å²) in [6.45, 7) is 1.13. The second-order valence-electron chi connectivity index (χ2n) is 6.67. The summed E-state index contributed by atoms with van der Waals surface area (Å²) in [5.74, 6) is -1.97. The second kappa shape index (κ2) is 7.43. The molecule has 0 aliphatic carbocycles. The highest BCUT2D eigenvalue weighted by Crippen LogP contribution is 2.29. The van der Waals surface area contributed by atoms with E-state index in [1.54, 1.807) is 23.5 Å². The number of anilines is 2. The Bertz CT molecular complexity index is 1070. The molecule has 1 amide bonds. The third kappa shape index (κ3) is 4.88. The fourth-order valence-corrected chi connectivity index (χ4v) is 3.20. The molecule has 0 radical (unpaired) electrons. The number of benzene rings is 1. The molecule has 0 unspecified atom stereocenters. The first kappa shape index (κ1) is 20.7. The minimum absolute atomic E-state index is 0.161. The normalized spacial score (nSPS) is 12.2. The second-order valence-corrected chi connectivity index (χ2v) is 7.73. The van der Waals surface area contributed by atoms with Gasteiger partial charge < -0.3 is 16.4 Å². The van der Waals surface area contributed by atoms with E-state index in [4.69, 9.17) is 5.73 Å². The van der Waals surface area contributed by atoms with Crippen molar-refractivity contribution in [3.8, 4) is 11.4 Å². The van der Waals surface area contributed by atoms with E-state index in [-0.39, 0.29) is 11.6 Å². The average Bonchev–Trinajstić information content (AvgIpc) is 2.99. The number of thiazole rings is 1. The maximum absolute atomic E-state index is 14.2. The lowest BCUT2D eigenvalue weighted by Crippen LogP contribution is -2.50. The van der Waals surface area contributed by atoms with Gasteiger partial charge in [-0.05, 0) is 32.0 Å². The maximum Gasteiger partial charge on any atom is 0.405 e. The van der Waals surface area contributed by atoms with E-state index in [0.29, 0.717) is 16.2 Å². The van der Waals surface area contributed by atoms with Crippen molar-refractivity contribution in [2.24, 2.45) is 0 Å². The smallest absolute Gasteiger partial charge is 0.375 e. The molecule has 0 atom stereocenters. The molecular weight excluding hydrogens is 412 g/mol. The quantitative estimate of drug-likeness (QED) is 0.539. The van der Waals surface area contributed by atoms with Crippen LogP contribution in [-0.2, 0) is 4.79 Å². The van der Waals surface area contributed by atoms with Gasteiger partial charge in [-0.1, -0.05) is 11.3 Å². The number of hydrogen-bond acceptors (Lipinski definition) is 7. The van der Waals surface area contributed by atoms with Gasteiger partial charge in [0.2, 0.25) is 5.91 Å². The van der Waals surface area contributed by atoms with Gasteiger partial charge in [-0.15, -0.1) is 0 Å². The molecule has 12 heteroatoms. The minimum Gasteiger partial charge on any atom is -0.375 e. The molecule has 1 aromatic carbocycles. The minimum atomic E-state index is -4.56. The summed E-state index contributed by atoms with van der Waals surface area (Å²) in [6.07, 6.45) is -3.64. The average molecular weight is 428 g/mol. The highest BCUT2D eigenvalue weighted by molar-refractivity contribution is 7.22. The van der Waals surface area contributed by atoms with Gasteiger partial charge in [0.15, 0.2) is 22.6 Å². The van der Waals surface area contributed by atoms with Gasteiger partial charge in [-0.25, -0.2) is 19.3 Å². The van der Waals surface area contributed by atoms with Crippen LogP contribution in [0.2, 0.25) is 0 Å². The lowest BCUT2D eigenvalue weighted by molar-refractivity contribution is -0.140. The van der Waals surface area contributed by atoms with Crippen LogP contribution in [0, 0.1) is 5.82 Å². The van der Waals surface area contributed by atoms with Gasteiger partial charge >= 0.3 is 6.18 Å². The van der Waals surface area contributed by atoms with Gasteiger partial charge in [-0.3, -0.25) is 4.79 Å². The molecular formula is C17H16F4N6OS. The Morgan fingerprint density at radius 3 is 2.66 bits per heavy atom. The molecule has 4 N–H and O–H groups in total. The highest BCUT2D eigenvalue weighted by Gasteiger charge is 2.34.